The fraction of sp³-hybridized carbons (Fsp3) is 0.235. The first-order chi connectivity index (χ1) is 10.2. The Labute approximate surface area is 124 Å². The molecule has 1 amide bonds. The molecular weight excluding hydrogens is 264 g/mol. The minimum atomic E-state index is -0.145. The Morgan fingerprint density at radius 1 is 1.19 bits per heavy atom. The van der Waals surface area contributed by atoms with Gasteiger partial charge in [-0.3, -0.25) is 4.79 Å². The summed E-state index contributed by atoms with van der Waals surface area (Å²) < 4.78 is 5.44. The van der Waals surface area contributed by atoms with E-state index in [2.05, 4.69) is 5.32 Å². The first-order valence-corrected chi connectivity index (χ1v) is 7.01. The Kier molecular flexibility index (Phi) is 5.21. The van der Waals surface area contributed by atoms with Gasteiger partial charge in [-0.05, 0) is 24.1 Å². The molecule has 0 bridgehead atoms. The van der Waals surface area contributed by atoms with E-state index >= 15 is 0 Å². The van der Waals surface area contributed by atoms with Gasteiger partial charge in [0.1, 0.15) is 5.75 Å². The zero-order chi connectivity index (χ0) is 15.1. The highest BCUT2D eigenvalue weighted by Crippen LogP contribution is 2.16. The third-order valence-electron chi connectivity index (χ3n) is 3.17. The summed E-state index contributed by atoms with van der Waals surface area (Å²) in [6, 6.07) is 16.9. The average molecular weight is 284 g/mol. The van der Waals surface area contributed by atoms with Crippen molar-refractivity contribution in [1.29, 1.82) is 0 Å². The quantitative estimate of drug-likeness (QED) is 0.802. The number of rotatable bonds is 6. The normalized spacial score (nSPS) is 11.7. The predicted octanol–water partition coefficient (Wildman–Crippen LogP) is 2.92. The minimum Gasteiger partial charge on any atom is -0.484 e. The zero-order valence-corrected chi connectivity index (χ0v) is 12.1. The van der Waals surface area contributed by atoms with Crippen molar-refractivity contribution in [1.82, 2.24) is 5.32 Å². The first-order valence-electron chi connectivity index (χ1n) is 7.01. The summed E-state index contributed by atoms with van der Waals surface area (Å²) in [6.45, 7) is 2.02. The fourth-order valence-electron chi connectivity index (χ4n) is 2.10. The highest BCUT2D eigenvalue weighted by atomic mass is 16.5. The second-order valence-corrected chi connectivity index (χ2v) is 4.80. The van der Waals surface area contributed by atoms with Crippen LogP contribution in [0, 0.1) is 0 Å². The van der Waals surface area contributed by atoms with Crippen LogP contribution in [0.2, 0.25) is 0 Å². The van der Waals surface area contributed by atoms with Crippen LogP contribution in [-0.4, -0.2) is 12.5 Å². The molecule has 0 aliphatic carbocycles. The number of nitrogen functional groups attached to an aromatic ring is 1. The minimum absolute atomic E-state index is 0.00291. The summed E-state index contributed by atoms with van der Waals surface area (Å²) in [5.41, 5.74) is 7.37. The van der Waals surface area contributed by atoms with Crippen LogP contribution in [0.1, 0.15) is 24.9 Å². The van der Waals surface area contributed by atoms with Crippen LogP contribution < -0.4 is 15.8 Å². The van der Waals surface area contributed by atoms with Crippen LogP contribution in [0.15, 0.2) is 54.6 Å². The van der Waals surface area contributed by atoms with E-state index in [0.717, 1.165) is 12.0 Å². The molecule has 2 rings (SSSR count). The second kappa shape index (κ2) is 7.33. The van der Waals surface area contributed by atoms with Gasteiger partial charge in [0.25, 0.3) is 5.91 Å². The monoisotopic (exact) mass is 284 g/mol. The van der Waals surface area contributed by atoms with Gasteiger partial charge in [0.15, 0.2) is 6.61 Å². The lowest BCUT2D eigenvalue weighted by atomic mass is 10.0. The third kappa shape index (κ3) is 4.53. The number of carbonyl (C=O) groups is 1. The molecule has 0 aromatic heterocycles. The Morgan fingerprint density at radius 3 is 2.62 bits per heavy atom. The van der Waals surface area contributed by atoms with Crippen molar-refractivity contribution in [3.05, 3.63) is 60.2 Å². The van der Waals surface area contributed by atoms with E-state index in [9.17, 15) is 4.79 Å². The van der Waals surface area contributed by atoms with Crippen molar-refractivity contribution in [2.24, 2.45) is 0 Å². The highest BCUT2D eigenvalue weighted by molar-refractivity contribution is 5.78. The van der Waals surface area contributed by atoms with Crippen molar-refractivity contribution < 1.29 is 9.53 Å². The van der Waals surface area contributed by atoms with Crippen LogP contribution in [0.5, 0.6) is 5.75 Å². The molecule has 1 atom stereocenters. The van der Waals surface area contributed by atoms with E-state index in [0.29, 0.717) is 11.4 Å². The smallest absolute Gasteiger partial charge is 0.258 e. The molecule has 0 radical (unpaired) electrons. The summed E-state index contributed by atoms with van der Waals surface area (Å²) in [7, 11) is 0. The number of amides is 1. The molecule has 0 aliphatic rings. The van der Waals surface area contributed by atoms with Gasteiger partial charge in [-0.2, -0.15) is 0 Å². The van der Waals surface area contributed by atoms with Gasteiger partial charge in [-0.15, -0.1) is 0 Å². The van der Waals surface area contributed by atoms with Gasteiger partial charge < -0.3 is 15.8 Å². The average Bonchev–Trinajstić information content (AvgIpc) is 2.51. The Morgan fingerprint density at radius 2 is 1.95 bits per heavy atom. The standard InChI is InChI=1S/C17H20N2O2/c1-2-16(13-7-4-3-5-8-13)19-17(20)12-21-15-10-6-9-14(18)11-15/h3-11,16H,2,12,18H2,1H3,(H,19,20). The summed E-state index contributed by atoms with van der Waals surface area (Å²) in [5.74, 6) is 0.450. The molecule has 3 N–H and O–H groups in total. The van der Waals surface area contributed by atoms with E-state index in [4.69, 9.17) is 10.5 Å². The van der Waals surface area contributed by atoms with Crippen LogP contribution in [0.3, 0.4) is 0 Å². The molecule has 4 nitrogen and oxygen atoms in total. The summed E-state index contributed by atoms with van der Waals surface area (Å²) >= 11 is 0. The van der Waals surface area contributed by atoms with Crippen molar-refractivity contribution in [3.63, 3.8) is 0 Å². The second-order valence-electron chi connectivity index (χ2n) is 4.80. The largest absolute Gasteiger partial charge is 0.484 e. The maximum absolute atomic E-state index is 12.0. The maximum atomic E-state index is 12.0. The number of anilines is 1. The fourth-order valence-corrected chi connectivity index (χ4v) is 2.10. The van der Waals surface area contributed by atoms with E-state index in [1.807, 2.05) is 37.3 Å². The van der Waals surface area contributed by atoms with Gasteiger partial charge in [0, 0.05) is 11.8 Å². The van der Waals surface area contributed by atoms with Crippen LogP contribution in [-0.2, 0) is 4.79 Å². The van der Waals surface area contributed by atoms with Crippen molar-refractivity contribution in [2.75, 3.05) is 12.3 Å². The molecule has 2 aromatic carbocycles. The lowest BCUT2D eigenvalue weighted by molar-refractivity contribution is -0.123. The Bertz CT molecular complexity index is 584. The number of carbonyl (C=O) groups excluding carboxylic acids is 1. The maximum Gasteiger partial charge on any atom is 0.258 e. The Balaban J connectivity index is 1.89. The number of hydrogen-bond donors (Lipinski definition) is 2. The molecule has 110 valence electrons. The van der Waals surface area contributed by atoms with Gasteiger partial charge in [0.2, 0.25) is 0 Å². The molecule has 0 heterocycles. The van der Waals surface area contributed by atoms with E-state index in [1.165, 1.54) is 0 Å². The lowest BCUT2D eigenvalue weighted by Crippen LogP contribution is -2.32. The third-order valence-corrected chi connectivity index (χ3v) is 3.17. The predicted molar refractivity (Wildman–Crippen MR) is 84.0 cm³/mol. The Hall–Kier alpha value is -2.49. The SMILES string of the molecule is CCC(NC(=O)COc1cccc(N)c1)c1ccccc1. The zero-order valence-electron chi connectivity index (χ0n) is 12.1. The van der Waals surface area contributed by atoms with Crippen LogP contribution in [0.4, 0.5) is 5.69 Å². The molecule has 21 heavy (non-hydrogen) atoms. The van der Waals surface area contributed by atoms with Crippen molar-refractivity contribution in [2.45, 2.75) is 19.4 Å². The summed E-state index contributed by atoms with van der Waals surface area (Å²) in [5, 5.41) is 2.97. The molecule has 0 aliphatic heterocycles. The summed E-state index contributed by atoms with van der Waals surface area (Å²) in [4.78, 5) is 12.0. The lowest BCUT2D eigenvalue weighted by Gasteiger charge is -2.17. The van der Waals surface area contributed by atoms with E-state index < -0.39 is 0 Å². The molecule has 0 spiro atoms. The number of nitrogens with one attached hydrogen (secondary N) is 1. The number of hydrogen-bond acceptors (Lipinski definition) is 3. The van der Waals surface area contributed by atoms with E-state index in [-0.39, 0.29) is 18.6 Å². The van der Waals surface area contributed by atoms with Gasteiger partial charge in [-0.25, -0.2) is 0 Å². The molecule has 2 aromatic rings. The highest BCUT2D eigenvalue weighted by Gasteiger charge is 2.12. The summed E-state index contributed by atoms with van der Waals surface area (Å²) in [6.07, 6.45) is 0.827. The topological polar surface area (TPSA) is 64.3 Å². The van der Waals surface area contributed by atoms with Gasteiger partial charge in [0.05, 0.1) is 6.04 Å². The van der Waals surface area contributed by atoms with E-state index in [1.54, 1.807) is 24.3 Å². The molecule has 1 unspecified atom stereocenters. The molecule has 4 heteroatoms. The molecular formula is C17H20N2O2. The number of nitrogens with two attached hydrogens (primary N) is 1. The number of benzene rings is 2. The number of ether oxygens (including phenoxy) is 1. The van der Waals surface area contributed by atoms with Crippen molar-refractivity contribution >= 4 is 11.6 Å². The molecule has 0 saturated carbocycles. The van der Waals surface area contributed by atoms with Crippen molar-refractivity contribution in [3.8, 4) is 5.75 Å². The molecule has 0 saturated heterocycles. The van der Waals surface area contributed by atoms with Crippen LogP contribution >= 0.6 is 0 Å². The van der Waals surface area contributed by atoms with Gasteiger partial charge in [-0.1, -0.05) is 43.3 Å². The molecule has 0 fully saturated rings. The van der Waals surface area contributed by atoms with Crippen LogP contribution in [0.25, 0.3) is 0 Å². The van der Waals surface area contributed by atoms with Gasteiger partial charge >= 0.3 is 0 Å². The first kappa shape index (κ1) is 14.9.